The quantitative estimate of drug-likeness (QED) is 0.521. The van der Waals surface area contributed by atoms with Gasteiger partial charge in [-0.2, -0.15) is 10.1 Å². The highest BCUT2D eigenvalue weighted by atomic mass is 19.3. The second kappa shape index (κ2) is 9.30. The first-order valence-electron chi connectivity index (χ1n) is 12.1. The number of alkyl halides is 3. The molecule has 5 rings (SSSR count). The number of anilines is 4. The summed E-state index contributed by atoms with van der Waals surface area (Å²) in [7, 11) is 0. The van der Waals surface area contributed by atoms with Gasteiger partial charge in [0, 0.05) is 36.3 Å². The van der Waals surface area contributed by atoms with Crippen LogP contribution in [0.5, 0.6) is 0 Å². The van der Waals surface area contributed by atoms with E-state index in [1.54, 1.807) is 28.3 Å². The van der Waals surface area contributed by atoms with Crippen LogP contribution in [0.1, 0.15) is 45.2 Å². The number of rotatable bonds is 6. The second-order valence-electron chi connectivity index (χ2n) is 9.93. The zero-order chi connectivity index (χ0) is 25.6. The predicted octanol–water partition coefficient (Wildman–Crippen LogP) is 3.82. The van der Waals surface area contributed by atoms with E-state index in [1.807, 2.05) is 19.9 Å². The van der Waals surface area contributed by atoms with Gasteiger partial charge in [-0.3, -0.25) is 0 Å². The van der Waals surface area contributed by atoms with E-state index in [9.17, 15) is 18.3 Å². The van der Waals surface area contributed by atoms with Gasteiger partial charge in [0.05, 0.1) is 24.4 Å². The third kappa shape index (κ3) is 4.49. The minimum Gasteiger partial charge on any atom is -0.390 e. The predicted molar refractivity (Wildman–Crippen MR) is 131 cm³/mol. The second-order valence-corrected chi connectivity index (χ2v) is 9.93. The molecule has 0 bridgehead atoms. The molecule has 2 fully saturated rings. The number of halogens is 3. The van der Waals surface area contributed by atoms with E-state index in [-0.39, 0.29) is 18.9 Å². The Morgan fingerprint density at radius 2 is 1.92 bits per heavy atom. The Labute approximate surface area is 206 Å². The maximum Gasteiger partial charge on any atom is 0.258 e. The number of aromatic nitrogens is 5. The molecular weight excluding hydrogens is 473 g/mol. The van der Waals surface area contributed by atoms with Crippen LogP contribution in [-0.2, 0) is 0 Å². The van der Waals surface area contributed by atoms with Crippen molar-refractivity contribution in [1.29, 1.82) is 0 Å². The highest BCUT2D eigenvalue weighted by Crippen LogP contribution is 2.36. The number of pyridine rings is 1. The summed E-state index contributed by atoms with van der Waals surface area (Å²) in [5, 5.41) is 23.2. The average molecular weight is 503 g/mol. The van der Waals surface area contributed by atoms with Crippen LogP contribution < -0.4 is 15.1 Å². The van der Waals surface area contributed by atoms with Crippen LogP contribution in [0.15, 0.2) is 24.5 Å². The normalized spacial score (nSPS) is 24.5. The molecule has 9 nitrogen and oxygen atoms in total. The summed E-state index contributed by atoms with van der Waals surface area (Å²) in [6.07, 6.45) is 0.408. The van der Waals surface area contributed by atoms with Crippen LogP contribution in [0.3, 0.4) is 0 Å². The maximum absolute atomic E-state index is 14.7. The van der Waals surface area contributed by atoms with Gasteiger partial charge in [-0.15, -0.1) is 5.10 Å². The lowest BCUT2D eigenvalue weighted by Crippen LogP contribution is -2.52. The SMILES string of the molecule is CC(C)c1nnc(N2CC[C@H]2C(F)F)c2cnc(Nc3ccnc(N4CC[C@@H](O)[C@@](C)(F)C4)n3)cc12. The van der Waals surface area contributed by atoms with Gasteiger partial charge in [0.25, 0.3) is 6.43 Å². The molecule has 2 aliphatic rings. The van der Waals surface area contributed by atoms with Gasteiger partial charge in [-0.25, -0.2) is 23.1 Å². The Balaban J connectivity index is 1.44. The number of hydrogen-bond acceptors (Lipinski definition) is 9. The topological polar surface area (TPSA) is 103 Å². The lowest BCUT2D eigenvalue weighted by Gasteiger charge is -2.41. The number of nitrogens with zero attached hydrogens (tertiary/aromatic N) is 7. The first-order valence-corrected chi connectivity index (χ1v) is 12.1. The van der Waals surface area contributed by atoms with E-state index in [2.05, 4.69) is 30.5 Å². The summed E-state index contributed by atoms with van der Waals surface area (Å²) < 4.78 is 41.4. The van der Waals surface area contributed by atoms with E-state index < -0.39 is 24.2 Å². The molecule has 3 atom stereocenters. The molecular formula is C24H29F3N8O. The third-order valence-electron chi connectivity index (χ3n) is 6.90. The maximum atomic E-state index is 14.7. The monoisotopic (exact) mass is 502 g/mol. The van der Waals surface area contributed by atoms with Crippen LogP contribution in [0.2, 0.25) is 0 Å². The molecule has 0 unspecified atom stereocenters. The van der Waals surface area contributed by atoms with Gasteiger partial charge in [-0.05, 0) is 37.8 Å². The largest absolute Gasteiger partial charge is 0.390 e. The smallest absolute Gasteiger partial charge is 0.258 e. The van der Waals surface area contributed by atoms with Crippen molar-refractivity contribution in [3.8, 4) is 0 Å². The Hall–Kier alpha value is -3.28. The number of aliphatic hydroxyl groups excluding tert-OH is 1. The third-order valence-corrected chi connectivity index (χ3v) is 6.90. The van der Waals surface area contributed by atoms with Crippen molar-refractivity contribution in [2.24, 2.45) is 0 Å². The van der Waals surface area contributed by atoms with Crippen molar-refractivity contribution >= 4 is 34.2 Å². The van der Waals surface area contributed by atoms with Crippen molar-refractivity contribution in [3.05, 3.63) is 30.2 Å². The summed E-state index contributed by atoms with van der Waals surface area (Å²) in [5.74, 6) is 1.78. The molecule has 3 aromatic heterocycles. The summed E-state index contributed by atoms with van der Waals surface area (Å²) in [4.78, 5) is 16.6. The van der Waals surface area contributed by atoms with Gasteiger partial charge in [0.15, 0.2) is 11.5 Å². The lowest BCUT2D eigenvalue weighted by atomic mass is 9.94. The summed E-state index contributed by atoms with van der Waals surface area (Å²) in [6, 6.07) is 2.62. The number of fused-ring (bicyclic) bond motifs is 1. The fourth-order valence-corrected chi connectivity index (χ4v) is 4.70. The molecule has 36 heavy (non-hydrogen) atoms. The van der Waals surface area contributed by atoms with Crippen LogP contribution in [0, 0.1) is 0 Å². The molecule has 3 aromatic rings. The lowest BCUT2D eigenvalue weighted by molar-refractivity contribution is -0.00860. The molecule has 2 saturated heterocycles. The molecule has 0 spiro atoms. The van der Waals surface area contributed by atoms with Crippen LogP contribution >= 0.6 is 0 Å². The van der Waals surface area contributed by atoms with E-state index in [1.165, 1.54) is 6.92 Å². The Morgan fingerprint density at radius 1 is 1.11 bits per heavy atom. The van der Waals surface area contributed by atoms with Gasteiger partial charge in [-0.1, -0.05) is 13.8 Å². The molecule has 5 heterocycles. The first-order chi connectivity index (χ1) is 17.1. The fraction of sp³-hybridized carbons (Fsp3) is 0.542. The number of aliphatic hydroxyl groups is 1. The standard InChI is InChI=1S/C24H29F3N8O/c1-13(2)20-14-10-19(29-11-15(14)22(33-32-20)35-9-5-16(35)21(25)26)30-18-4-7-28-23(31-18)34-8-6-17(36)24(3,27)12-34/h4,7,10-11,13,16-17,21,36H,5-6,8-9,12H2,1-3H3,(H,28,29,30,31)/t16-,17+,24-/m0/s1. The van der Waals surface area contributed by atoms with E-state index in [4.69, 9.17) is 0 Å². The van der Waals surface area contributed by atoms with Gasteiger partial charge < -0.3 is 20.2 Å². The zero-order valence-corrected chi connectivity index (χ0v) is 20.4. The summed E-state index contributed by atoms with van der Waals surface area (Å²) in [5.41, 5.74) is -1.01. The van der Waals surface area contributed by atoms with Crippen molar-refractivity contribution < 1.29 is 18.3 Å². The fourth-order valence-electron chi connectivity index (χ4n) is 4.70. The molecule has 12 heteroatoms. The molecule has 2 aliphatic heterocycles. The Morgan fingerprint density at radius 3 is 2.58 bits per heavy atom. The van der Waals surface area contributed by atoms with Crippen LogP contribution in [-0.4, -0.2) is 74.1 Å². The number of nitrogens with one attached hydrogen (secondary N) is 1. The molecule has 2 N–H and O–H groups in total. The van der Waals surface area contributed by atoms with Crippen molar-refractivity contribution in [2.75, 3.05) is 34.8 Å². The van der Waals surface area contributed by atoms with Crippen molar-refractivity contribution in [1.82, 2.24) is 25.1 Å². The molecule has 0 radical (unpaired) electrons. The van der Waals surface area contributed by atoms with Crippen LogP contribution in [0.4, 0.5) is 36.6 Å². The average Bonchev–Trinajstić information content (AvgIpc) is 2.79. The van der Waals surface area contributed by atoms with Crippen molar-refractivity contribution in [2.45, 2.75) is 63.8 Å². The highest BCUT2D eigenvalue weighted by Gasteiger charge is 2.40. The molecule has 0 amide bonds. The highest BCUT2D eigenvalue weighted by molar-refractivity contribution is 5.95. The van der Waals surface area contributed by atoms with Gasteiger partial charge in [0.1, 0.15) is 11.6 Å². The minimum atomic E-state index is -2.46. The molecule has 0 aromatic carbocycles. The van der Waals surface area contributed by atoms with E-state index in [0.29, 0.717) is 48.3 Å². The van der Waals surface area contributed by atoms with Crippen molar-refractivity contribution in [3.63, 3.8) is 0 Å². The van der Waals surface area contributed by atoms with Crippen LogP contribution in [0.25, 0.3) is 10.8 Å². The minimum absolute atomic E-state index is 0.0127. The molecule has 0 saturated carbocycles. The molecule has 0 aliphatic carbocycles. The van der Waals surface area contributed by atoms with Gasteiger partial charge >= 0.3 is 0 Å². The van der Waals surface area contributed by atoms with E-state index >= 15 is 0 Å². The Kier molecular flexibility index (Phi) is 6.31. The van der Waals surface area contributed by atoms with E-state index in [0.717, 1.165) is 11.1 Å². The number of piperidine rings is 1. The summed E-state index contributed by atoms with van der Waals surface area (Å²) >= 11 is 0. The zero-order valence-electron chi connectivity index (χ0n) is 20.4. The number of hydrogen-bond donors (Lipinski definition) is 2. The Bertz CT molecular complexity index is 1260. The van der Waals surface area contributed by atoms with Gasteiger partial charge in [0.2, 0.25) is 5.95 Å². The summed E-state index contributed by atoms with van der Waals surface area (Å²) in [6.45, 7) is 6.28. The first kappa shape index (κ1) is 24.4. The molecule has 192 valence electrons.